The molecule has 5 N–H and O–H groups in total. The highest BCUT2D eigenvalue weighted by molar-refractivity contribution is 7.99. The van der Waals surface area contributed by atoms with Gasteiger partial charge in [0.1, 0.15) is 18.1 Å². The molecule has 3 aromatic rings. The Kier molecular flexibility index (Phi) is 11.0. The fourth-order valence-corrected chi connectivity index (χ4v) is 7.14. The summed E-state index contributed by atoms with van der Waals surface area (Å²) in [4.78, 5) is 40.9. The second kappa shape index (κ2) is 14.6. The molecular weight excluding hydrogens is 576 g/mol. The summed E-state index contributed by atoms with van der Waals surface area (Å²) in [6.45, 7) is 0.254. The molecule has 3 amide bonds. The number of hydrogen-bond donors (Lipinski definition) is 4. The Morgan fingerprint density at radius 1 is 0.952 bits per heavy atom. The maximum absolute atomic E-state index is 13.7. The number of amides is 3. The lowest BCUT2D eigenvalue weighted by molar-refractivity contribution is -0.143. The quantitative estimate of drug-likeness (QED) is 0.215. The number of carbonyl (C=O) groups is 3. The van der Waals surface area contributed by atoms with Crippen molar-refractivity contribution in [2.45, 2.75) is 49.6 Å². The standard InChI is InChI=1S/C30H36N4O6S2/c31-28(36)25(17-22-13-14-23-10-4-5-11-24(23)16-22)32-29(37)27-12-6-7-15-34(27)30(38)26(18-41-20-35)33-42(39,40)19-21-8-2-1-3-9-21/h1-5,8-11,13-14,16,25-27,33,35H,6-7,12,15,17-20H2,(H2,31,36)(H,32,37)/t25-,26-,27-/m0/s1. The zero-order chi connectivity index (χ0) is 30.1. The predicted octanol–water partition coefficient (Wildman–Crippen LogP) is 1.90. The van der Waals surface area contributed by atoms with Gasteiger partial charge in [0.05, 0.1) is 11.7 Å². The summed E-state index contributed by atoms with van der Waals surface area (Å²) in [5.41, 5.74) is 7.05. The number of rotatable bonds is 13. The van der Waals surface area contributed by atoms with Crippen LogP contribution in [0.4, 0.5) is 0 Å². The van der Waals surface area contributed by atoms with Crippen molar-refractivity contribution in [3.63, 3.8) is 0 Å². The van der Waals surface area contributed by atoms with E-state index in [-0.39, 0.29) is 30.4 Å². The van der Waals surface area contributed by atoms with Crippen LogP contribution in [0.25, 0.3) is 10.8 Å². The Hall–Kier alpha value is -3.45. The number of nitrogens with two attached hydrogens (primary N) is 1. The van der Waals surface area contributed by atoms with Crippen LogP contribution in [0.1, 0.15) is 30.4 Å². The number of aliphatic hydroxyl groups excluding tert-OH is 1. The van der Waals surface area contributed by atoms with Gasteiger partial charge in [-0.2, -0.15) is 0 Å². The number of piperidine rings is 1. The molecule has 0 bridgehead atoms. The Morgan fingerprint density at radius 2 is 1.67 bits per heavy atom. The van der Waals surface area contributed by atoms with E-state index in [1.165, 1.54) is 4.90 Å². The van der Waals surface area contributed by atoms with E-state index in [1.807, 2.05) is 42.5 Å². The van der Waals surface area contributed by atoms with Gasteiger partial charge in [-0.3, -0.25) is 14.4 Å². The number of nitrogens with zero attached hydrogens (tertiary/aromatic N) is 1. The van der Waals surface area contributed by atoms with E-state index >= 15 is 0 Å². The minimum Gasteiger partial charge on any atom is -0.386 e. The molecular formula is C30H36N4O6S2. The predicted molar refractivity (Wildman–Crippen MR) is 164 cm³/mol. The average Bonchev–Trinajstić information content (AvgIpc) is 2.98. The van der Waals surface area contributed by atoms with Crippen LogP contribution in [-0.4, -0.2) is 72.5 Å². The molecule has 0 spiro atoms. The van der Waals surface area contributed by atoms with Gasteiger partial charge in [-0.15, -0.1) is 11.8 Å². The summed E-state index contributed by atoms with van der Waals surface area (Å²) in [5, 5.41) is 14.1. The number of fused-ring (bicyclic) bond motifs is 1. The molecule has 3 aromatic carbocycles. The summed E-state index contributed by atoms with van der Waals surface area (Å²) in [5.74, 6) is -2.41. The van der Waals surface area contributed by atoms with E-state index in [1.54, 1.807) is 30.3 Å². The molecule has 0 saturated carbocycles. The molecule has 42 heavy (non-hydrogen) atoms. The minimum absolute atomic E-state index is 0.0138. The molecule has 0 unspecified atom stereocenters. The second-order valence-electron chi connectivity index (χ2n) is 10.3. The average molecular weight is 613 g/mol. The van der Waals surface area contributed by atoms with E-state index in [2.05, 4.69) is 10.0 Å². The minimum atomic E-state index is -3.92. The number of hydrogen-bond acceptors (Lipinski definition) is 7. The lowest BCUT2D eigenvalue weighted by Gasteiger charge is -2.37. The van der Waals surface area contributed by atoms with E-state index in [4.69, 9.17) is 5.73 Å². The van der Waals surface area contributed by atoms with Crippen molar-refractivity contribution in [2.24, 2.45) is 5.73 Å². The fourth-order valence-electron chi connectivity index (χ4n) is 5.14. The number of sulfonamides is 1. The first-order valence-electron chi connectivity index (χ1n) is 13.8. The Labute approximate surface area is 250 Å². The number of thioether (sulfide) groups is 1. The molecule has 10 nitrogen and oxygen atoms in total. The van der Waals surface area contributed by atoms with Gasteiger partial charge in [-0.1, -0.05) is 72.8 Å². The first kappa shape index (κ1) is 31.5. The first-order chi connectivity index (χ1) is 20.2. The van der Waals surface area contributed by atoms with Gasteiger partial charge in [0.2, 0.25) is 27.7 Å². The molecule has 0 aromatic heterocycles. The Morgan fingerprint density at radius 3 is 2.38 bits per heavy atom. The Balaban J connectivity index is 1.48. The van der Waals surface area contributed by atoms with Crippen molar-refractivity contribution >= 4 is 50.3 Å². The largest absolute Gasteiger partial charge is 0.386 e. The first-order valence-corrected chi connectivity index (χ1v) is 16.6. The maximum atomic E-state index is 13.7. The van der Waals surface area contributed by atoms with Crippen LogP contribution in [0.2, 0.25) is 0 Å². The number of aliphatic hydroxyl groups is 1. The van der Waals surface area contributed by atoms with E-state index in [0.29, 0.717) is 24.8 Å². The van der Waals surface area contributed by atoms with E-state index in [0.717, 1.165) is 28.1 Å². The van der Waals surface area contributed by atoms with Gasteiger partial charge >= 0.3 is 0 Å². The van der Waals surface area contributed by atoms with Crippen LogP contribution in [0.15, 0.2) is 72.8 Å². The van der Waals surface area contributed by atoms with Crippen LogP contribution in [-0.2, 0) is 36.6 Å². The van der Waals surface area contributed by atoms with Crippen LogP contribution >= 0.6 is 11.8 Å². The SMILES string of the molecule is NC(=O)[C@H](Cc1ccc2ccccc2c1)NC(=O)[C@@H]1CCCCN1C(=O)[C@H](CSCO)NS(=O)(=O)Cc1ccccc1. The van der Waals surface area contributed by atoms with Gasteiger partial charge in [0.25, 0.3) is 0 Å². The van der Waals surface area contributed by atoms with Crippen molar-refractivity contribution in [3.8, 4) is 0 Å². The molecule has 4 rings (SSSR count). The highest BCUT2D eigenvalue weighted by Gasteiger charge is 2.38. The van der Waals surface area contributed by atoms with Gasteiger partial charge in [-0.05, 0) is 41.2 Å². The van der Waals surface area contributed by atoms with E-state index < -0.39 is 45.9 Å². The van der Waals surface area contributed by atoms with Gasteiger partial charge < -0.3 is 21.1 Å². The van der Waals surface area contributed by atoms with E-state index in [9.17, 15) is 27.9 Å². The summed E-state index contributed by atoms with van der Waals surface area (Å²) < 4.78 is 28.4. The maximum Gasteiger partial charge on any atom is 0.243 e. The van der Waals surface area contributed by atoms with Crippen LogP contribution in [0.3, 0.4) is 0 Å². The molecule has 12 heteroatoms. The van der Waals surface area contributed by atoms with Crippen molar-refractivity contribution in [3.05, 3.63) is 83.9 Å². The number of benzene rings is 3. The number of carbonyl (C=O) groups excluding carboxylic acids is 3. The van der Waals surface area contributed by atoms with Crippen molar-refractivity contribution in [1.29, 1.82) is 0 Å². The monoisotopic (exact) mass is 612 g/mol. The van der Waals surface area contributed by atoms with Gasteiger partial charge in [0.15, 0.2) is 0 Å². The van der Waals surface area contributed by atoms with Crippen LogP contribution in [0.5, 0.6) is 0 Å². The third-order valence-electron chi connectivity index (χ3n) is 7.20. The zero-order valence-corrected chi connectivity index (χ0v) is 24.8. The summed E-state index contributed by atoms with van der Waals surface area (Å²) in [7, 11) is -3.92. The van der Waals surface area contributed by atoms with Gasteiger partial charge in [-0.25, -0.2) is 13.1 Å². The molecule has 3 atom stereocenters. The van der Waals surface area contributed by atoms with Crippen molar-refractivity contribution in [2.75, 3.05) is 18.2 Å². The van der Waals surface area contributed by atoms with Crippen LogP contribution < -0.4 is 15.8 Å². The highest BCUT2D eigenvalue weighted by atomic mass is 32.2. The summed E-state index contributed by atoms with van der Waals surface area (Å²) in [6, 6.07) is 19.1. The molecule has 224 valence electrons. The Bertz CT molecular complexity index is 1500. The fraction of sp³-hybridized carbons (Fsp3) is 0.367. The summed E-state index contributed by atoms with van der Waals surface area (Å²) >= 11 is 1.00. The molecule has 0 aliphatic carbocycles. The second-order valence-corrected chi connectivity index (χ2v) is 13.1. The number of primary amides is 1. The van der Waals surface area contributed by atoms with Crippen LogP contribution in [0, 0.1) is 0 Å². The molecule has 0 radical (unpaired) electrons. The normalized spacial score (nSPS) is 17.0. The molecule has 1 aliphatic rings. The zero-order valence-electron chi connectivity index (χ0n) is 23.1. The molecule has 1 heterocycles. The van der Waals surface area contributed by atoms with Crippen molar-refractivity contribution < 1.29 is 27.9 Å². The topological polar surface area (TPSA) is 159 Å². The number of likely N-dealkylation sites (tertiary alicyclic amines) is 1. The lowest BCUT2D eigenvalue weighted by atomic mass is 9.98. The molecule has 1 aliphatic heterocycles. The molecule has 1 saturated heterocycles. The third-order valence-corrected chi connectivity index (χ3v) is 9.31. The summed E-state index contributed by atoms with van der Waals surface area (Å²) in [6.07, 6.45) is 1.86. The molecule has 1 fully saturated rings. The highest BCUT2D eigenvalue weighted by Crippen LogP contribution is 2.21. The van der Waals surface area contributed by atoms with Gasteiger partial charge in [0, 0.05) is 18.7 Å². The number of nitrogens with one attached hydrogen (secondary N) is 2. The van der Waals surface area contributed by atoms with Crippen molar-refractivity contribution in [1.82, 2.24) is 14.9 Å². The lowest BCUT2D eigenvalue weighted by Crippen LogP contribution is -2.60. The third kappa shape index (κ3) is 8.54. The smallest absolute Gasteiger partial charge is 0.243 e.